The molecule has 86 valence electrons. The molecule has 15 heavy (non-hydrogen) atoms. The van der Waals surface area contributed by atoms with Crippen LogP contribution < -0.4 is 0 Å². The Morgan fingerprint density at radius 2 is 1.73 bits per heavy atom. The summed E-state index contributed by atoms with van der Waals surface area (Å²) in [6.45, 7) is 3.59. The third-order valence-corrected chi connectivity index (χ3v) is 4.46. The van der Waals surface area contributed by atoms with Gasteiger partial charge in [0.2, 0.25) is 0 Å². The average molecular weight is 230 g/mol. The number of hydrogen-bond donors (Lipinski definition) is 0. The van der Waals surface area contributed by atoms with Gasteiger partial charge in [-0.05, 0) is 18.3 Å². The summed E-state index contributed by atoms with van der Waals surface area (Å²) in [5.74, 6) is 0.277. The zero-order valence-electron chi connectivity index (χ0n) is 9.76. The number of hydrogen-bond acceptors (Lipinski definition) is 0. The summed E-state index contributed by atoms with van der Waals surface area (Å²) in [4.78, 5) is 0. The maximum Gasteiger partial charge on any atom is 0.134 e. The molecule has 0 nitrogen and oxygen atoms in total. The largest absolute Gasteiger partial charge is 0.244 e. The molecule has 3 unspecified atom stereocenters. The maximum atomic E-state index is 13.7. The smallest absolute Gasteiger partial charge is 0.134 e. The van der Waals surface area contributed by atoms with Crippen molar-refractivity contribution in [2.45, 2.75) is 63.1 Å². The molecular weight excluding hydrogens is 209 g/mol. The zero-order valence-corrected chi connectivity index (χ0v) is 10.9. The van der Waals surface area contributed by atoms with E-state index in [0.717, 1.165) is 25.7 Å². The highest BCUT2D eigenvalue weighted by molar-refractivity contribution is 6.11. The van der Waals surface area contributed by atoms with E-state index < -0.39 is 12.3 Å². The SMILES string of the molecule is CCC(F)C(F)C(C)C1CC[CH]([Al])CC1. The Morgan fingerprint density at radius 3 is 2.20 bits per heavy atom. The lowest BCUT2D eigenvalue weighted by Crippen LogP contribution is -2.31. The highest BCUT2D eigenvalue weighted by Crippen LogP contribution is 2.37. The summed E-state index contributed by atoms with van der Waals surface area (Å²) in [7, 11) is 0. The molecule has 0 aromatic rings. The summed E-state index contributed by atoms with van der Waals surface area (Å²) >= 11 is 2.84. The molecule has 1 saturated carbocycles. The second-order valence-corrected chi connectivity index (χ2v) is 5.85. The summed E-state index contributed by atoms with van der Waals surface area (Å²) < 4.78 is 27.6. The Balaban J connectivity index is 2.42. The van der Waals surface area contributed by atoms with Gasteiger partial charge in [-0.2, -0.15) is 0 Å². The Hall–Kier alpha value is 0.392. The summed E-state index contributed by atoms with van der Waals surface area (Å²) in [5.41, 5.74) is 0. The predicted octanol–water partition coefficient (Wildman–Crippen LogP) is 3.86. The quantitative estimate of drug-likeness (QED) is 0.643. The van der Waals surface area contributed by atoms with Gasteiger partial charge in [0.25, 0.3) is 0 Å². The molecule has 0 N–H and O–H groups in total. The standard InChI is InChI=1S/C12H21F2.Al/c1-3-11(13)12(14)9(2)10-7-5-4-6-8-10;/h4,9-12H,3,5-8H2,1-2H3;. The molecule has 3 atom stereocenters. The highest BCUT2D eigenvalue weighted by atomic mass is 27.0. The monoisotopic (exact) mass is 230 g/mol. The van der Waals surface area contributed by atoms with E-state index in [1.807, 2.05) is 6.92 Å². The lowest BCUT2D eigenvalue weighted by Gasteiger charge is -2.33. The van der Waals surface area contributed by atoms with Crippen molar-refractivity contribution in [2.24, 2.45) is 11.8 Å². The normalized spacial score (nSPS) is 33.3. The summed E-state index contributed by atoms with van der Waals surface area (Å²) in [6, 6.07) is 0. The van der Waals surface area contributed by atoms with Gasteiger partial charge in [-0.3, -0.25) is 0 Å². The molecule has 1 fully saturated rings. The van der Waals surface area contributed by atoms with Crippen LogP contribution >= 0.6 is 0 Å². The van der Waals surface area contributed by atoms with Gasteiger partial charge in [-0.1, -0.05) is 39.5 Å². The van der Waals surface area contributed by atoms with E-state index in [-0.39, 0.29) is 5.92 Å². The first-order valence-electron chi connectivity index (χ1n) is 6.10. The van der Waals surface area contributed by atoms with Gasteiger partial charge < -0.3 is 0 Å². The lowest BCUT2D eigenvalue weighted by molar-refractivity contribution is 0.0717. The first kappa shape index (κ1) is 13.5. The molecule has 0 bridgehead atoms. The van der Waals surface area contributed by atoms with Crippen LogP contribution in [-0.2, 0) is 0 Å². The molecule has 2 radical (unpaired) electrons. The summed E-state index contributed by atoms with van der Waals surface area (Å²) in [5, 5.41) is 0. The Labute approximate surface area is 100 Å². The van der Waals surface area contributed by atoms with Gasteiger partial charge in [0.15, 0.2) is 0 Å². The third-order valence-electron chi connectivity index (χ3n) is 3.80. The van der Waals surface area contributed by atoms with E-state index in [1.54, 1.807) is 6.92 Å². The first-order chi connectivity index (χ1) is 7.06. The lowest BCUT2D eigenvalue weighted by atomic mass is 9.77. The minimum Gasteiger partial charge on any atom is -0.244 e. The van der Waals surface area contributed by atoms with Crippen molar-refractivity contribution in [3.63, 3.8) is 0 Å². The Bertz CT molecular complexity index is 178. The molecule has 0 aliphatic heterocycles. The van der Waals surface area contributed by atoms with Gasteiger partial charge in [-0.15, -0.1) is 4.78 Å². The van der Waals surface area contributed by atoms with Crippen molar-refractivity contribution in [3.05, 3.63) is 0 Å². The van der Waals surface area contributed by atoms with Crippen molar-refractivity contribution in [3.8, 4) is 0 Å². The van der Waals surface area contributed by atoms with Gasteiger partial charge in [0.1, 0.15) is 28.6 Å². The molecule has 1 rings (SSSR count). The molecule has 0 amide bonds. The highest BCUT2D eigenvalue weighted by Gasteiger charge is 2.32. The van der Waals surface area contributed by atoms with E-state index in [4.69, 9.17) is 0 Å². The van der Waals surface area contributed by atoms with E-state index in [2.05, 4.69) is 16.3 Å². The Morgan fingerprint density at radius 1 is 1.20 bits per heavy atom. The van der Waals surface area contributed by atoms with Crippen LogP contribution in [0.25, 0.3) is 0 Å². The number of halogens is 2. The molecule has 0 aromatic heterocycles. The fraction of sp³-hybridized carbons (Fsp3) is 1.00. The van der Waals surface area contributed by atoms with E-state index in [1.165, 1.54) is 0 Å². The van der Waals surface area contributed by atoms with Crippen LogP contribution in [0.1, 0.15) is 46.0 Å². The molecule has 1 aliphatic carbocycles. The van der Waals surface area contributed by atoms with Crippen LogP contribution in [0.4, 0.5) is 8.78 Å². The second-order valence-electron chi connectivity index (χ2n) is 4.90. The second kappa shape index (κ2) is 6.21. The van der Waals surface area contributed by atoms with E-state index in [9.17, 15) is 8.78 Å². The van der Waals surface area contributed by atoms with Crippen LogP contribution in [0.15, 0.2) is 0 Å². The third kappa shape index (κ3) is 3.71. The molecule has 0 heterocycles. The minimum absolute atomic E-state index is 0.113. The van der Waals surface area contributed by atoms with Crippen molar-refractivity contribution >= 4 is 16.3 Å². The van der Waals surface area contributed by atoms with Crippen LogP contribution in [0.3, 0.4) is 0 Å². The van der Waals surface area contributed by atoms with Crippen molar-refractivity contribution < 1.29 is 8.78 Å². The van der Waals surface area contributed by atoms with Crippen molar-refractivity contribution in [2.75, 3.05) is 0 Å². The molecule has 0 spiro atoms. The number of alkyl halides is 2. The predicted molar refractivity (Wildman–Crippen MR) is 60.7 cm³/mol. The van der Waals surface area contributed by atoms with Crippen LogP contribution in [0.5, 0.6) is 0 Å². The zero-order chi connectivity index (χ0) is 11.4. The molecular formula is C12H21AlF2. The van der Waals surface area contributed by atoms with E-state index in [0.29, 0.717) is 17.1 Å². The maximum absolute atomic E-state index is 13.7. The molecule has 1 aliphatic rings. The van der Waals surface area contributed by atoms with Crippen LogP contribution in [-0.4, -0.2) is 28.6 Å². The number of rotatable bonds is 4. The molecule has 3 heteroatoms. The van der Waals surface area contributed by atoms with Gasteiger partial charge in [-0.25, -0.2) is 8.78 Å². The van der Waals surface area contributed by atoms with E-state index >= 15 is 0 Å². The fourth-order valence-electron chi connectivity index (χ4n) is 2.49. The van der Waals surface area contributed by atoms with Crippen molar-refractivity contribution in [1.29, 1.82) is 0 Å². The molecule has 0 aromatic carbocycles. The van der Waals surface area contributed by atoms with Gasteiger partial charge in [0.05, 0.1) is 0 Å². The van der Waals surface area contributed by atoms with Gasteiger partial charge in [0, 0.05) is 0 Å². The first-order valence-corrected chi connectivity index (χ1v) is 6.76. The topological polar surface area (TPSA) is 0 Å². The average Bonchev–Trinajstić information content (AvgIpc) is 2.27. The van der Waals surface area contributed by atoms with Crippen molar-refractivity contribution in [1.82, 2.24) is 0 Å². The van der Waals surface area contributed by atoms with Crippen LogP contribution in [0.2, 0.25) is 4.78 Å². The molecule has 0 saturated heterocycles. The van der Waals surface area contributed by atoms with Crippen LogP contribution in [0, 0.1) is 11.8 Å². The minimum atomic E-state index is -1.27. The summed E-state index contributed by atoms with van der Waals surface area (Å²) in [6.07, 6.45) is 2.18. The fourth-order valence-corrected chi connectivity index (χ4v) is 2.87. The Kier molecular flexibility index (Phi) is 5.57. The van der Waals surface area contributed by atoms with Gasteiger partial charge >= 0.3 is 0 Å².